The van der Waals surface area contributed by atoms with Crippen LogP contribution in [0.3, 0.4) is 0 Å². The summed E-state index contributed by atoms with van der Waals surface area (Å²) in [5.41, 5.74) is 0. The quantitative estimate of drug-likeness (QED) is 0.661. The molecule has 0 saturated carbocycles. The second kappa shape index (κ2) is 3.73. The SMILES string of the molecule is CCOc1nnc(CCl)s1. The molecule has 0 unspecified atom stereocenters. The van der Waals surface area contributed by atoms with Gasteiger partial charge in [0.05, 0.1) is 12.5 Å². The van der Waals surface area contributed by atoms with Gasteiger partial charge in [-0.25, -0.2) is 0 Å². The first kappa shape index (κ1) is 7.75. The van der Waals surface area contributed by atoms with Gasteiger partial charge in [0, 0.05) is 0 Å². The Bertz CT molecular complexity index is 203. The van der Waals surface area contributed by atoms with Crippen molar-refractivity contribution in [2.24, 2.45) is 0 Å². The van der Waals surface area contributed by atoms with Gasteiger partial charge in [0.1, 0.15) is 5.01 Å². The zero-order valence-electron chi connectivity index (χ0n) is 5.50. The molecule has 0 N–H and O–H groups in total. The number of halogens is 1. The van der Waals surface area contributed by atoms with Crippen molar-refractivity contribution < 1.29 is 4.74 Å². The molecule has 3 nitrogen and oxygen atoms in total. The number of ether oxygens (including phenoxy) is 1. The van der Waals surface area contributed by atoms with Gasteiger partial charge in [-0.1, -0.05) is 11.3 Å². The molecule has 0 radical (unpaired) electrons. The average molecular weight is 179 g/mol. The smallest absolute Gasteiger partial charge is 0.294 e. The van der Waals surface area contributed by atoms with Gasteiger partial charge in [0.2, 0.25) is 0 Å². The van der Waals surface area contributed by atoms with Crippen LogP contribution >= 0.6 is 22.9 Å². The van der Waals surface area contributed by atoms with Gasteiger partial charge in [0.25, 0.3) is 5.19 Å². The molecule has 1 aromatic heterocycles. The maximum Gasteiger partial charge on any atom is 0.294 e. The molecule has 0 aromatic carbocycles. The summed E-state index contributed by atoms with van der Waals surface area (Å²) in [6.45, 7) is 2.53. The summed E-state index contributed by atoms with van der Waals surface area (Å²) in [5, 5.41) is 8.90. The standard InChI is InChI=1S/C5H7ClN2OS/c1-2-9-5-8-7-4(3-6)10-5/h2-3H2,1H3. The van der Waals surface area contributed by atoms with E-state index in [0.717, 1.165) is 5.01 Å². The number of rotatable bonds is 3. The molecule has 0 fully saturated rings. The first-order chi connectivity index (χ1) is 4.86. The first-order valence-corrected chi connectivity index (χ1v) is 4.23. The number of aromatic nitrogens is 2. The Kier molecular flexibility index (Phi) is 2.89. The minimum Gasteiger partial charge on any atom is -0.469 e. The van der Waals surface area contributed by atoms with Gasteiger partial charge < -0.3 is 4.74 Å². The van der Waals surface area contributed by atoms with Crippen LogP contribution in [-0.2, 0) is 5.88 Å². The Morgan fingerprint density at radius 1 is 1.60 bits per heavy atom. The van der Waals surface area contributed by atoms with E-state index in [4.69, 9.17) is 16.3 Å². The maximum atomic E-state index is 5.49. The lowest BCUT2D eigenvalue weighted by Gasteiger charge is -1.90. The number of hydrogen-bond donors (Lipinski definition) is 0. The van der Waals surface area contributed by atoms with Crippen LogP contribution < -0.4 is 4.74 Å². The van der Waals surface area contributed by atoms with E-state index in [1.54, 1.807) is 0 Å². The summed E-state index contributed by atoms with van der Waals surface area (Å²) in [6, 6.07) is 0. The molecular formula is C5H7ClN2OS. The van der Waals surface area contributed by atoms with E-state index < -0.39 is 0 Å². The van der Waals surface area contributed by atoms with Crippen LogP contribution in [0.5, 0.6) is 5.19 Å². The molecule has 0 aliphatic rings. The number of nitrogens with zero attached hydrogens (tertiary/aromatic N) is 2. The van der Waals surface area contributed by atoms with E-state index in [1.807, 2.05) is 6.92 Å². The largest absolute Gasteiger partial charge is 0.469 e. The minimum atomic E-state index is 0.407. The molecule has 1 heterocycles. The molecule has 5 heteroatoms. The van der Waals surface area contributed by atoms with E-state index in [9.17, 15) is 0 Å². The van der Waals surface area contributed by atoms with E-state index >= 15 is 0 Å². The Morgan fingerprint density at radius 2 is 2.40 bits per heavy atom. The summed E-state index contributed by atoms with van der Waals surface area (Å²) >= 11 is 6.87. The second-order valence-corrected chi connectivity index (χ2v) is 2.82. The fraction of sp³-hybridized carbons (Fsp3) is 0.600. The van der Waals surface area contributed by atoms with Crippen molar-refractivity contribution >= 4 is 22.9 Å². The highest BCUT2D eigenvalue weighted by atomic mass is 35.5. The topological polar surface area (TPSA) is 35.0 Å². The summed E-state index contributed by atoms with van der Waals surface area (Å²) in [7, 11) is 0. The summed E-state index contributed by atoms with van der Waals surface area (Å²) < 4.78 is 5.07. The van der Waals surface area contributed by atoms with Crippen LogP contribution in [0.25, 0.3) is 0 Å². The third-order valence-electron chi connectivity index (χ3n) is 0.830. The van der Waals surface area contributed by atoms with E-state index in [2.05, 4.69) is 10.2 Å². The zero-order chi connectivity index (χ0) is 7.40. The fourth-order valence-corrected chi connectivity index (χ4v) is 1.29. The second-order valence-electron chi connectivity index (χ2n) is 1.53. The van der Waals surface area contributed by atoms with E-state index in [1.165, 1.54) is 11.3 Å². The predicted molar refractivity (Wildman–Crippen MR) is 40.6 cm³/mol. The molecule has 1 rings (SSSR count). The molecule has 0 atom stereocenters. The number of hydrogen-bond acceptors (Lipinski definition) is 4. The molecule has 56 valence electrons. The summed E-state index contributed by atoms with van der Waals surface area (Å²) in [5.74, 6) is 0.407. The Morgan fingerprint density at radius 3 is 2.90 bits per heavy atom. The highest BCUT2D eigenvalue weighted by Crippen LogP contribution is 2.18. The van der Waals surface area contributed by atoms with Crippen molar-refractivity contribution in [1.29, 1.82) is 0 Å². The Labute approximate surface area is 68.0 Å². The predicted octanol–water partition coefficient (Wildman–Crippen LogP) is 1.68. The van der Waals surface area contributed by atoms with E-state index in [-0.39, 0.29) is 0 Å². The van der Waals surface area contributed by atoms with E-state index in [0.29, 0.717) is 17.7 Å². The van der Waals surface area contributed by atoms with Crippen LogP contribution in [0.2, 0.25) is 0 Å². The van der Waals surface area contributed by atoms with Gasteiger partial charge in [0.15, 0.2) is 0 Å². The summed E-state index contributed by atoms with van der Waals surface area (Å²) in [6.07, 6.45) is 0. The van der Waals surface area contributed by atoms with Crippen LogP contribution in [0.1, 0.15) is 11.9 Å². The van der Waals surface area contributed by atoms with Crippen LogP contribution in [0.15, 0.2) is 0 Å². The molecule has 0 spiro atoms. The third kappa shape index (κ3) is 1.82. The Balaban J connectivity index is 2.59. The molecule has 0 amide bonds. The van der Waals surface area contributed by atoms with Crippen molar-refractivity contribution in [1.82, 2.24) is 10.2 Å². The van der Waals surface area contributed by atoms with Crippen LogP contribution in [0.4, 0.5) is 0 Å². The third-order valence-corrected chi connectivity index (χ3v) is 2.08. The van der Waals surface area contributed by atoms with Gasteiger partial charge in [-0.15, -0.1) is 21.8 Å². The molecule has 0 saturated heterocycles. The molecule has 0 aliphatic heterocycles. The average Bonchev–Trinajstić information content (AvgIpc) is 2.37. The maximum absolute atomic E-state index is 5.49. The first-order valence-electron chi connectivity index (χ1n) is 2.88. The number of alkyl halides is 1. The zero-order valence-corrected chi connectivity index (χ0v) is 7.08. The molecule has 0 bridgehead atoms. The normalized spacial score (nSPS) is 9.80. The van der Waals surface area contributed by atoms with Crippen molar-refractivity contribution in [2.75, 3.05) is 6.61 Å². The van der Waals surface area contributed by atoms with Gasteiger partial charge >= 0.3 is 0 Å². The highest BCUT2D eigenvalue weighted by molar-refractivity contribution is 7.13. The van der Waals surface area contributed by atoms with Gasteiger partial charge in [-0.3, -0.25) is 0 Å². The monoisotopic (exact) mass is 178 g/mol. The van der Waals surface area contributed by atoms with Crippen molar-refractivity contribution in [3.8, 4) is 5.19 Å². The van der Waals surface area contributed by atoms with Gasteiger partial charge in [-0.05, 0) is 6.92 Å². The minimum absolute atomic E-state index is 0.407. The highest BCUT2D eigenvalue weighted by Gasteiger charge is 2.01. The lowest BCUT2D eigenvalue weighted by Crippen LogP contribution is -1.89. The lowest BCUT2D eigenvalue weighted by molar-refractivity contribution is 0.335. The van der Waals surface area contributed by atoms with Crippen molar-refractivity contribution in [3.05, 3.63) is 5.01 Å². The lowest BCUT2D eigenvalue weighted by atomic mass is 10.9. The van der Waals surface area contributed by atoms with Crippen LogP contribution in [0, 0.1) is 0 Å². The molecule has 10 heavy (non-hydrogen) atoms. The van der Waals surface area contributed by atoms with Crippen molar-refractivity contribution in [3.63, 3.8) is 0 Å². The fourth-order valence-electron chi connectivity index (χ4n) is 0.474. The van der Waals surface area contributed by atoms with Gasteiger partial charge in [-0.2, -0.15) is 0 Å². The van der Waals surface area contributed by atoms with Crippen LogP contribution in [-0.4, -0.2) is 16.8 Å². The van der Waals surface area contributed by atoms with Crippen molar-refractivity contribution in [2.45, 2.75) is 12.8 Å². The molecular weight excluding hydrogens is 172 g/mol. The Hall–Kier alpha value is -0.350. The molecule has 1 aromatic rings. The summed E-state index contributed by atoms with van der Waals surface area (Å²) in [4.78, 5) is 0. The molecule has 0 aliphatic carbocycles.